The lowest BCUT2D eigenvalue weighted by Crippen LogP contribution is -2.08. The fourth-order valence-corrected chi connectivity index (χ4v) is 3.40. The molecular weight excluding hydrogens is 386 g/mol. The molecule has 0 saturated carbocycles. The molecular formula is C21H19N5O4. The Labute approximate surface area is 172 Å². The lowest BCUT2D eigenvalue weighted by atomic mass is 10.1. The molecule has 0 radical (unpaired) electrons. The number of nitrogens with zero attached hydrogens (tertiary/aromatic N) is 4. The number of methoxy groups -OCH3 is 2. The van der Waals surface area contributed by atoms with Crippen LogP contribution in [0.3, 0.4) is 0 Å². The van der Waals surface area contributed by atoms with Gasteiger partial charge in [-0.3, -0.25) is 0 Å². The van der Waals surface area contributed by atoms with Gasteiger partial charge in [-0.05, 0) is 35.4 Å². The van der Waals surface area contributed by atoms with Crippen LogP contribution in [0.4, 0.5) is 5.82 Å². The average Bonchev–Trinajstić information content (AvgIpc) is 3.45. The minimum Gasteiger partial charge on any atom is -0.493 e. The van der Waals surface area contributed by atoms with Crippen molar-refractivity contribution in [2.24, 2.45) is 0 Å². The first-order chi connectivity index (χ1) is 14.8. The zero-order valence-corrected chi connectivity index (χ0v) is 16.5. The number of ether oxygens (including phenoxy) is 4. The first-order valence-corrected chi connectivity index (χ1v) is 9.30. The second-order valence-electron chi connectivity index (χ2n) is 6.60. The summed E-state index contributed by atoms with van der Waals surface area (Å²) in [6.07, 6.45) is 3.25. The van der Waals surface area contributed by atoms with E-state index in [0.717, 1.165) is 34.0 Å². The second-order valence-corrected chi connectivity index (χ2v) is 6.60. The lowest BCUT2D eigenvalue weighted by molar-refractivity contribution is 0.174. The molecule has 152 valence electrons. The maximum Gasteiger partial charge on any atom is 0.254 e. The maximum absolute atomic E-state index is 5.48. The van der Waals surface area contributed by atoms with Crippen LogP contribution in [0.25, 0.3) is 16.9 Å². The van der Waals surface area contributed by atoms with Crippen molar-refractivity contribution < 1.29 is 18.9 Å². The Balaban J connectivity index is 1.53. The molecule has 0 amide bonds. The third kappa shape index (κ3) is 3.10. The molecule has 30 heavy (non-hydrogen) atoms. The van der Waals surface area contributed by atoms with Crippen LogP contribution in [0.15, 0.2) is 48.9 Å². The van der Waals surface area contributed by atoms with Crippen LogP contribution in [0.1, 0.15) is 5.56 Å². The van der Waals surface area contributed by atoms with Crippen molar-refractivity contribution in [3.8, 4) is 34.1 Å². The normalized spacial score (nSPS) is 12.2. The molecule has 9 heteroatoms. The number of hydrogen-bond acceptors (Lipinski definition) is 8. The van der Waals surface area contributed by atoms with E-state index in [4.69, 9.17) is 18.9 Å². The van der Waals surface area contributed by atoms with Gasteiger partial charge in [-0.1, -0.05) is 12.1 Å². The smallest absolute Gasteiger partial charge is 0.254 e. The van der Waals surface area contributed by atoms with Gasteiger partial charge in [0.25, 0.3) is 5.78 Å². The van der Waals surface area contributed by atoms with Crippen molar-refractivity contribution in [2.75, 3.05) is 26.3 Å². The largest absolute Gasteiger partial charge is 0.493 e. The van der Waals surface area contributed by atoms with Crippen LogP contribution in [-0.4, -0.2) is 40.6 Å². The monoisotopic (exact) mass is 405 g/mol. The van der Waals surface area contributed by atoms with E-state index in [9.17, 15) is 0 Å². The summed E-state index contributed by atoms with van der Waals surface area (Å²) in [6, 6.07) is 11.6. The summed E-state index contributed by atoms with van der Waals surface area (Å²) in [5.41, 5.74) is 2.81. The third-order valence-electron chi connectivity index (χ3n) is 4.90. The summed E-state index contributed by atoms with van der Waals surface area (Å²) >= 11 is 0. The fraction of sp³-hybridized carbons (Fsp3) is 0.190. The molecule has 0 unspecified atom stereocenters. The van der Waals surface area contributed by atoms with Crippen LogP contribution < -0.4 is 24.3 Å². The van der Waals surface area contributed by atoms with Crippen LogP contribution in [0.5, 0.6) is 23.0 Å². The van der Waals surface area contributed by atoms with Crippen LogP contribution in [0, 0.1) is 0 Å². The number of benzene rings is 2. The van der Waals surface area contributed by atoms with Crippen LogP contribution in [0.2, 0.25) is 0 Å². The molecule has 2 aromatic heterocycles. The van der Waals surface area contributed by atoms with Gasteiger partial charge in [-0.25, -0.2) is 4.98 Å². The quantitative estimate of drug-likeness (QED) is 0.523. The molecule has 9 nitrogen and oxygen atoms in total. The second kappa shape index (κ2) is 7.43. The molecule has 0 spiro atoms. The zero-order valence-electron chi connectivity index (χ0n) is 16.5. The number of hydrogen-bond donors (Lipinski definition) is 1. The molecule has 4 aromatic rings. The number of fused-ring (bicyclic) bond motifs is 2. The summed E-state index contributed by atoms with van der Waals surface area (Å²) in [5, 5.41) is 7.80. The van der Waals surface area contributed by atoms with Gasteiger partial charge in [0.05, 0.1) is 14.2 Å². The minimum absolute atomic E-state index is 0.250. The minimum atomic E-state index is 0.250. The molecule has 0 bridgehead atoms. The van der Waals surface area contributed by atoms with Crippen molar-refractivity contribution in [2.45, 2.75) is 6.54 Å². The van der Waals surface area contributed by atoms with Crippen LogP contribution in [-0.2, 0) is 6.54 Å². The SMILES string of the molecule is COc1ccc(-c2cnc3ncnn3c2NCc2ccc3c(c2)OCO3)cc1OC. The molecule has 0 saturated heterocycles. The summed E-state index contributed by atoms with van der Waals surface area (Å²) in [4.78, 5) is 8.62. The summed E-state index contributed by atoms with van der Waals surface area (Å²) in [7, 11) is 3.22. The first-order valence-electron chi connectivity index (χ1n) is 9.30. The summed E-state index contributed by atoms with van der Waals surface area (Å²) in [6.45, 7) is 0.801. The molecule has 0 fully saturated rings. The van der Waals surface area contributed by atoms with Gasteiger partial charge in [0.2, 0.25) is 6.79 Å². The maximum atomic E-state index is 5.48. The van der Waals surface area contributed by atoms with E-state index in [-0.39, 0.29) is 6.79 Å². The Kier molecular flexibility index (Phi) is 4.47. The predicted molar refractivity (Wildman–Crippen MR) is 109 cm³/mol. The van der Waals surface area contributed by atoms with E-state index in [2.05, 4.69) is 20.4 Å². The summed E-state index contributed by atoms with van der Waals surface area (Å²) < 4.78 is 23.3. The fourth-order valence-electron chi connectivity index (χ4n) is 3.40. The highest BCUT2D eigenvalue weighted by Crippen LogP contribution is 2.36. The Morgan fingerprint density at radius 1 is 1.00 bits per heavy atom. The van der Waals surface area contributed by atoms with Crippen molar-refractivity contribution in [3.05, 3.63) is 54.5 Å². The van der Waals surface area contributed by atoms with Gasteiger partial charge in [-0.2, -0.15) is 14.6 Å². The number of rotatable bonds is 6. The Hall–Kier alpha value is -4.01. The van der Waals surface area contributed by atoms with E-state index < -0.39 is 0 Å². The molecule has 2 aromatic carbocycles. The standard InChI is InChI=1S/C21H19N5O4/c1-27-16-6-4-14(8-18(16)28-2)15-10-23-21-24-11-25-26(21)20(15)22-9-13-3-5-17-19(7-13)30-12-29-17/h3-8,10-11,22H,9,12H2,1-2H3. The molecule has 3 heterocycles. The predicted octanol–water partition coefficient (Wildman–Crippen LogP) is 3.15. The molecule has 1 aliphatic heterocycles. The van der Waals surface area contributed by atoms with Crippen molar-refractivity contribution in [3.63, 3.8) is 0 Å². The Morgan fingerprint density at radius 3 is 2.73 bits per heavy atom. The lowest BCUT2D eigenvalue weighted by Gasteiger charge is -2.15. The van der Waals surface area contributed by atoms with Crippen molar-refractivity contribution >= 4 is 11.6 Å². The van der Waals surface area contributed by atoms with Gasteiger partial charge in [-0.15, -0.1) is 0 Å². The third-order valence-corrected chi connectivity index (χ3v) is 4.90. The van der Waals surface area contributed by atoms with Crippen molar-refractivity contribution in [1.82, 2.24) is 19.6 Å². The summed E-state index contributed by atoms with van der Waals surface area (Å²) in [5.74, 6) is 4.07. The van der Waals surface area contributed by atoms with Crippen LogP contribution >= 0.6 is 0 Å². The van der Waals surface area contributed by atoms with Gasteiger partial charge < -0.3 is 24.3 Å². The number of aromatic nitrogens is 4. The highest BCUT2D eigenvalue weighted by atomic mass is 16.7. The first kappa shape index (κ1) is 18.0. The van der Waals surface area contributed by atoms with E-state index in [1.54, 1.807) is 24.9 Å². The zero-order chi connectivity index (χ0) is 20.5. The number of anilines is 1. The van der Waals surface area contributed by atoms with Gasteiger partial charge >= 0.3 is 0 Å². The van der Waals surface area contributed by atoms with Gasteiger partial charge in [0.1, 0.15) is 12.1 Å². The Bertz CT molecular complexity index is 1220. The highest BCUT2D eigenvalue weighted by Gasteiger charge is 2.16. The van der Waals surface area contributed by atoms with E-state index in [1.165, 1.54) is 6.33 Å². The molecule has 1 N–H and O–H groups in total. The highest BCUT2D eigenvalue weighted by molar-refractivity contribution is 5.77. The molecule has 5 rings (SSSR count). The average molecular weight is 405 g/mol. The number of nitrogens with one attached hydrogen (secondary N) is 1. The molecule has 0 atom stereocenters. The van der Waals surface area contributed by atoms with E-state index in [1.807, 2.05) is 36.4 Å². The van der Waals surface area contributed by atoms with Gasteiger partial charge in [0.15, 0.2) is 23.0 Å². The Morgan fingerprint density at radius 2 is 1.87 bits per heavy atom. The van der Waals surface area contributed by atoms with E-state index in [0.29, 0.717) is 23.8 Å². The van der Waals surface area contributed by atoms with E-state index >= 15 is 0 Å². The molecule has 0 aliphatic carbocycles. The van der Waals surface area contributed by atoms with Gasteiger partial charge in [0, 0.05) is 18.3 Å². The topological polar surface area (TPSA) is 92.0 Å². The molecule has 1 aliphatic rings. The van der Waals surface area contributed by atoms with Crippen molar-refractivity contribution in [1.29, 1.82) is 0 Å².